The Morgan fingerprint density at radius 3 is 2.44 bits per heavy atom. The molecule has 0 atom stereocenters. The monoisotopic (exact) mass is 223 g/mol. The summed E-state index contributed by atoms with van der Waals surface area (Å²) in [7, 11) is 1.49. The Hall–Kier alpha value is -1.55. The molecule has 16 heavy (non-hydrogen) atoms. The van der Waals surface area contributed by atoms with Crippen LogP contribution >= 0.6 is 0 Å². The lowest BCUT2D eigenvalue weighted by atomic mass is 10.2. The average Bonchev–Trinajstić information content (AvgIpc) is 2.25. The van der Waals surface area contributed by atoms with E-state index < -0.39 is 11.8 Å². The molecule has 4 heteroatoms. The summed E-state index contributed by atoms with van der Waals surface area (Å²) in [4.78, 5) is 12.7. The van der Waals surface area contributed by atoms with Crippen LogP contribution in [0.3, 0.4) is 0 Å². The van der Waals surface area contributed by atoms with Gasteiger partial charge in [0.05, 0.1) is 0 Å². The third kappa shape index (κ3) is 3.55. The summed E-state index contributed by atoms with van der Waals surface area (Å²) in [6.45, 7) is 3.26. The summed E-state index contributed by atoms with van der Waals surface area (Å²) >= 11 is 0. The van der Waals surface area contributed by atoms with E-state index in [-0.39, 0.29) is 6.61 Å². The molecule has 0 aromatic heterocycles. The Bertz CT molecular complexity index is 343. The third-order valence-corrected chi connectivity index (χ3v) is 2.30. The molecular formula is C12H17NO3. The largest absolute Gasteiger partial charge is 0.444 e. The van der Waals surface area contributed by atoms with Gasteiger partial charge in [0.25, 0.3) is 0 Å². The average molecular weight is 223 g/mol. The highest BCUT2D eigenvalue weighted by atomic mass is 16.6. The minimum absolute atomic E-state index is 0.208. The summed E-state index contributed by atoms with van der Waals surface area (Å²) in [5, 5.41) is 9.58. The Morgan fingerprint density at radius 1 is 1.38 bits per heavy atom. The highest BCUT2D eigenvalue weighted by molar-refractivity contribution is 5.67. The van der Waals surface area contributed by atoms with E-state index in [1.54, 1.807) is 0 Å². The lowest BCUT2D eigenvalue weighted by molar-refractivity contribution is -0.0566. The Morgan fingerprint density at radius 2 is 1.94 bits per heavy atom. The number of amides is 1. The van der Waals surface area contributed by atoms with Crippen molar-refractivity contribution in [1.29, 1.82) is 0 Å². The number of rotatable bonds is 3. The van der Waals surface area contributed by atoms with E-state index >= 15 is 0 Å². The second-order valence-electron chi connectivity index (χ2n) is 4.09. The van der Waals surface area contributed by atoms with Gasteiger partial charge in [-0.15, -0.1) is 0 Å². The van der Waals surface area contributed by atoms with Crippen molar-refractivity contribution in [3.63, 3.8) is 0 Å². The van der Waals surface area contributed by atoms with Crippen molar-refractivity contribution in [2.45, 2.75) is 26.2 Å². The van der Waals surface area contributed by atoms with Crippen LogP contribution in [0, 0.1) is 0 Å². The molecule has 1 aromatic rings. The molecule has 0 aliphatic heterocycles. The van der Waals surface area contributed by atoms with Crippen molar-refractivity contribution >= 4 is 6.09 Å². The van der Waals surface area contributed by atoms with E-state index in [9.17, 15) is 9.90 Å². The number of aliphatic hydroxyl groups is 1. The molecule has 0 fully saturated rings. The lowest BCUT2D eigenvalue weighted by Crippen LogP contribution is -2.44. The quantitative estimate of drug-likeness (QED) is 0.797. The van der Waals surface area contributed by atoms with Crippen molar-refractivity contribution in [2.75, 3.05) is 7.05 Å². The molecule has 0 bridgehead atoms. The number of carbonyl (C=O) groups is 1. The summed E-state index contributed by atoms with van der Waals surface area (Å²) < 4.78 is 5.04. The van der Waals surface area contributed by atoms with Crippen LogP contribution in [0.15, 0.2) is 30.3 Å². The van der Waals surface area contributed by atoms with Gasteiger partial charge in [-0.25, -0.2) is 4.79 Å². The van der Waals surface area contributed by atoms with E-state index in [0.29, 0.717) is 0 Å². The molecule has 88 valence electrons. The maximum absolute atomic E-state index is 11.5. The van der Waals surface area contributed by atoms with Crippen molar-refractivity contribution in [2.24, 2.45) is 0 Å². The SMILES string of the molecule is CN(C(=O)OCc1ccccc1)C(C)(C)O. The van der Waals surface area contributed by atoms with Gasteiger partial charge in [-0.3, -0.25) is 4.90 Å². The first-order chi connectivity index (χ1) is 7.41. The van der Waals surface area contributed by atoms with Crippen LogP contribution in [-0.2, 0) is 11.3 Å². The molecule has 1 rings (SSSR count). The normalized spacial score (nSPS) is 11.0. The maximum Gasteiger partial charge on any atom is 0.412 e. The van der Waals surface area contributed by atoms with Crippen molar-refractivity contribution in [3.05, 3.63) is 35.9 Å². The van der Waals surface area contributed by atoms with Crippen LogP contribution in [0.25, 0.3) is 0 Å². The molecule has 1 amide bonds. The van der Waals surface area contributed by atoms with Gasteiger partial charge in [0, 0.05) is 7.05 Å². The van der Waals surface area contributed by atoms with E-state index in [2.05, 4.69) is 0 Å². The second kappa shape index (κ2) is 4.99. The fourth-order valence-electron chi connectivity index (χ4n) is 1.04. The van der Waals surface area contributed by atoms with E-state index in [4.69, 9.17) is 4.74 Å². The van der Waals surface area contributed by atoms with Gasteiger partial charge < -0.3 is 9.84 Å². The van der Waals surface area contributed by atoms with Crippen molar-refractivity contribution < 1.29 is 14.6 Å². The topological polar surface area (TPSA) is 49.8 Å². The smallest absolute Gasteiger partial charge is 0.412 e. The molecule has 1 aromatic carbocycles. The Labute approximate surface area is 95.5 Å². The zero-order valence-corrected chi connectivity index (χ0v) is 9.80. The standard InChI is InChI=1S/C12H17NO3/c1-12(2,15)13(3)11(14)16-9-10-7-5-4-6-8-10/h4-8,15H,9H2,1-3H3. The maximum atomic E-state index is 11.5. The molecule has 0 radical (unpaired) electrons. The van der Waals surface area contributed by atoms with Crippen LogP contribution < -0.4 is 0 Å². The number of hydrogen-bond acceptors (Lipinski definition) is 3. The predicted octanol–water partition coefficient (Wildman–Crippen LogP) is 1.98. The zero-order valence-electron chi connectivity index (χ0n) is 9.80. The molecule has 0 unspecified atom stereocenters. The summed E-state index contributed by atoms with van der Waals surface area (Å²) in [6, 6.07) is 9.40. The first-order valence-corrected chi connectivity index (χ1v) is 5.08. The molecule has 0 saturated carbocycles. The highest BCUT2D eigenvalue weighted by Crippen LogP contribution is 2.10. The number of nitrogens with zero attached hydrogens (tertiary/aromatic N) is 1. The van der Waals surface area contributed by atoms with Crippen LogP contribution in [0.4, 0.5) is 4.79 Å². The number of benzene rings is 1. The summed E-state index contributed by atoms with van der Waals surface area (Å²) in [5.41, 5.74) is -0.298. The van der Waals surface area contributed by atoms with Gasteiger partial charge in [-0.05, 0) is 19.4 Å². The molecule has 0 aliphatic carbocycles. The van der Waals surface area contributed by atoms with Gasteiger partial charge in [-0.1, -0.05) is 30.3 Å². The van der Waals surface area contributed by atoms with Crippen LogP contribution in [0.2, 0.25) is 0 Å². The fourth-order valence-corrected chi connectivity index (χ4v) is 1.04. The predicted molar refractivity (Wildman–Crippen MR) is 60.7 cm³/mol. The molecule has 0 saturated heterocycles. The van der Waals surface area contributed by atoms with Gasteiger partial charge in [-0.2, -0.15) is 0 Å². The lowest BCUT2D eigenvalue weighted by Gasteiger charge is -2.29. The minimum Gasteiger partial charge on any atom is -0.444 e. The fraction of sp³-hybridized carbons (Fsp3) is 0.417. The Kier molecular flexibility index (Phi) is 3.90. The zero-order chi connectivity index (χ0) is 12.2. The number of carbonyl (C=O) groups excluding carboxylic acids is 1. The summed E-state index contributed by atoms with van der Waals surface area (Å²) in [6.07, 6.45) is -0.545. The molecule has 0 heterocycles. The first kappa shape index (κ1) is 12.5. The second-order valence-corrected chi connectivity index (χ2v) is 4.09. The minimum atomic E-state index is -1.21. The number of ether oxygens (including phenoxy) is 1. The van der Waals surface area contributed by atoms with Crippen LogP contribution in [0.5, 0.6) is 0 Å². The molecule has 0 aliphatic rings. The van der Waals surface area contributed by atoms with E-state index in [0.717, 1.165) is 10.5 Å². The van der Waals surface area contributed by atoms with Gasteiger partial charge >= 0.3 is 6.09 Å². The van der Waals surface area contributed by atoms with Crippen molar-refractivity contribution in [1.82, 2.24) is 4.90 Å². The van der Waals surface area contributed by atoms with Crippen LogP contribution in [-0.4, -0.2) is 28.9 Å². The molecule has 1 N–H and O–H groups in total. The van der Waals surface area contributed by atoms with Gasteiger partial charge in [0.1, 0.15) is 12.3 Å². The van der Waals surface area contributed by atoms with Crippen molar-refractivity contribution in [3.8, 4) is 0 Å². The highest BCUT2D eigenvalue weighted by Gasteiger charge is 2.25. The van der Waals surface area contributed by atoms with E-state index in [1.165, 1.54) is 20.9 Å². The molecule has 4 nitrogen and oxygen atoms in total. The first-order valence-electron chi connectivity index (χ1n) is 5.08. The van der Waals surface area contributed by atoms with E-state index in [1.807, 2.05) is 30.3 Å². The molecule has 0 spiro atoms. The third-order valence-electron chi connectivity index (χ3n) is 2.30. The Balaban J connectivity index is 2.48. The summed E-state index contributed by atoms with van der Waals surface area (Å²) in [5.74, 6) is 0. The molecular weight excluding hydrogens is 206 g/mol. The number of hydrogen-bond donors (Lipinski definition) is 1. The van der Waals surface area contributed by atoms with Gasteiger partial charge in [0.15, 0.2) is 0 Å². The van der Waals surface area contributed by atoms with Gasteiger partial charge in [0.2, 0.25) is 0 Å². The van der Waals surface area contributed by atoms with Crippen LogP contribution in [0.1, 0.15) is 19.4 Å².